The van der Waals surface area contributed by atoms with Gasteiger partial charge in [0.25, 0.3) is 0 Å². The third kappa shape index (κ3) is 4.33. The standard InChI is InChI=1S/C15H15BrFNO/c16-13-4-3-12(15(17)9-13)10-18-8-7-11-1-5-14(19)6-2-11/h1-6,9,18-19H,7-8,10H2. The first-order valence-corrected chi connectivity index (χ1v) is 6.87. The number of aromatic hydroxyl groups is 1. The number of halogens is 2. The molecule has 2 nitrogen and oxygen atoms in total. The smallest absolute Gasteiger partial charge is 0.128 e. The molecule has 0 aliphatic carbocycles. The lowest BCUT2D eigenvalue weighted by Gasteiger charge is -2.06. The van der Waals surface area contributed by atoms with Gasteiger partial charge >= 0.3 is 0 Å². The summed E-state index contributed by atoms with van der Waals surface area (Å²) < 4.78 is 14.3. The Bertz CT molecular complexity index is 542. The third-order valence-electron chi connectivity index (χ3n) is 2.86. The number of phenolic OH excluding ortho intramolecular Hbond substituents is 1. The monoisotopic (exact) mass is 323 g/mol. The first-order valence-electron chi connectivity index (χ1n) is 6.08. The molecule has 19 heavy (non-hydrogen) atoms. The van der Waals surface area contributed by atoms with Crippen molar-refractivity contribution in [2.24, 2.45) is 0 Å². The highest BCUT2D eigenvalue weighted by Gasteiger charge is 2.02. The second kappa shape index (κ2) is 6.68. The van der Waals surface area contributed by atoms with E-state index in [0.29, 0.717) is 12.1 Å². The summed E-state index contributed by atoms with van der Waals surface area (Å²) in [5.74, 6) is 0.0696. The number of nitrogens with one attached hydrogen (secondary N) is 1. The summed E-state index contributed by atoms with van der Waals surface area (Å²) in [6.07, 6.45) is 0.846. The molecule has 0 saturated heterocycles. The zero-order chi connectivity index (χ0) is 13.7. The van der Waals surface area contributed by atoms with Gasteiger partial charge in [-0.25, -0.2) is 4.39 Å². The van der Waals surface area contributed by atoms with Crippen LogP contribution < -0.4 is 5.32 Å². The molecule has 0 radical (unpaired) electrons. The van der Waals surface area contributed by atoms with Crippen molar-refractivity contribution in [1.29, 1.82) is 0 Å². The molecule has 0 unspecified atom stereocenters. The van der Waals surface area contributed by atoms with Gasteiger partial charge in [-0.15, -0.1) is 0 Å². The molecule has 0 saturated carbocycles. The Hall–Kier alpha value is -1.39. The molecule has 0 aliphatic rings. The van der Waals surface area contributed by atoms with Crippen molar-refractivity contribution in [3.8, 4) is 5.75 Å². The Labute approximate surface area is 120 Å². The lowest BCUT2D eigenvalue weighted by Crippen LogP contribution is -2.17. The molecule has 0 fully saturated rings. The zero-order valence-electron chi connectivity index (χ0n) is 10.4. The number of benzene rings is 2. The summed E-state index contributed by atoms with van der Waals surface area (Å²) >= 11 is 3.23. The lowest BCUT2D eigenvalue weighted by atomic mass is 10.1. The van der Waals surface area contributed by atoms with Gasteiger partial charge in [0.2, 0.25) is 0 Å². The first-order chi connectivity index (χ1) is 9.15. The van der Waals surface area contributed by atoms with Crippen molar-refractivity contribution in [3.63, 3.8) is 0 Å². The van der Waals surface area contributed by atoms with Gasteiger partial charge in [0.15, 0.2) is 0 Å². The Balaban J connectivity index is 1.79. The Morgan fingerprint density at radius 2 is 1.84 bits per heavy atom. The largest absolute Gasteiger partial charge is 0.508 e. The van der Waals surface area contributed by atoms with Crippen molar-refractivity contribution in [2.75, 3.05) is 6.54 Å². The van der Waals surface area contributed by atoms with E-state index >= 15 is 0 Å². The minimum atomic E-state index is -0.202. The molecule has 0 amide bonds. The maximum atomic E-state index is 13.5. The van der Waals surface area contributed by atoms with E-state index in [9.17, 15) is 4.39 Å². The van der Waals surface area contributed by atoms with Crippen LogP contribution in [0.2, 0.25) is 0 Å². The predicted octanol–water partition coefficient (Wildman–Crippen LogP) is 3.63. The van der Waals surface area contributed by atoms with E-state index in [-0.39, 0.29) is 11.6 Å². The molecular weight excluding hydrogens is 309 g/mol. The minimum Gasteiger partial charge on any atom is -0.508 e. The van der Waals surface area contributed by atoms with Crippen molar-refractivity contribution < 1.29 is 9.50 Å². The van der Waals surface area contributed by atoms with Gasteiger partial charge in [0.05, 0.1) is 0 Å². The minimum absolute atomic E-state index is 0.202. The van der Waals surface area contributed by atoms with Crippen LogP contribution in [0, 0.1) is 5.82 Å². The quantitative estimate of drug-likeness (QED) is 0.823. The van der Waals surface area contributed by atoms with E-state index in [4.69, 9.17) is 5.11 Å². The molecule has 0 heterocycles. The molecule has 0 bridgehead atoms. The summed E-state index contributed by atoms with van der Waals surface area (Å²) in [5, 5.41) is 12.4. The molecule has 2 rings (SSSR count). The van der Waals surface area contributed by atoms with Crippen molar-refractivity contribution in [3.05, 3.63) is 63.9 Å². The second-order valence-electron chi connectivity index (χ2n) is 4.33. The normalized spacial score (nSPS) is 10.6. The Morgan fingerprint density at radius 1 is 1.11 bits per heavy atom. The van der Waals surface area contributed by atoms with E-state index in [1.807, 2.05) is 18.2 Å². The fraction of sp³-hybridized carbons (Fsp3) is 0.200. The number of hydrogen-bond acceptors (Lipinski definition) is 2. The summed E-state index contributed by atoms with van der Waals surface area (Å²) in [6.45, 7) is 1.28. The van der Waals surface area contributed by atoms with Crippen LogP contribution in [0.3, 0.4) is 0 Å². The van der Waals surface area contributed by atoms with Gasteiger partial charge in [0.1, 0.15) is 11.6 Å². The SMILES string of the molecule is Oc1ccc(CCNCc2ccc(Br)cc2F)cc1. The highest BCUT2D eigenvalue weighted by atomic mass is 79.9. The van der Waals surface area contributed by atoms with E-state index in [1.165, 1.54) is 6.07 Å². The lowest BCUT2D eigenvalue weighted by molar-refractivity contribution is 0.475. The van der Waals surface area contributed by atoms with E-state index in [0.717, 1.165) is 23.0 Å². The Morgan fingerprint density at radius 3 is 2.53 bits per heavy atom. The van der Waals surface area contributed by atoms with E-state index in [1.54, 1.807) is 18.2 Å². The molecule has 2 aromatic rings. The summed E-state index contributed by atoms with van der Waals surface area (Å²) in [7, 11) is 0. The maximum absolute atomic E-state index is 13.5. The highest BCUT2D eigenvalue weighted by molar-refractivity contribution is 9.10. The van der Waals surface area contributed by atoms with Crippen molar-refractivity contribution >= 4 is 15.9 Å². The molecule has 0 spiro atoms. The molecule has 0 aliphatic heterocycles. The van der Waals surface area contributed by atoms with Crippen LogP contribution in [0.5, 0.6) is 5.75 Å². The predicted molar refractivity (Wildman–Crippen MR) is 77.6 cm³/mol. The fourth-order valence-corrected chi connectivity index (χ4v) is 2.12. The average molecular weight is 324 g/mol. The zero-order valence-corrected chi connectivity index (χ0v) is 12.0. The van der Waals surface area contributed by atoms with Crippen LogP contribution in [-0.4, -0.2) is 11.7 Å². The van der Waals surface area contributed by atoms with Gasteiger partial charge in [-0.1, -0.05) is 34.1 Å². The molecular formula is C15H15BrFNO. The topological polar surface area (TPSA) is 32.3 Å². The molecule has 0 atom stereocenters. The first kappa shape index (κ1) is 14.0. The van der Waals surface area contributed by atoms with Crippen LogP contribution >= 0.6 is 15.9 Å². The molecule has 2 N–H and O–H groups in total. The van der Waals surface area contributed by atoms with Crippen LogP contribution in [0.15, 0.2) is 46.9 Å². The molecule has 4 heteroatoms. The van der Waals surface area contributed by atoms with Crippen LogP contribution in [0.4, 0.5) is 4.39 Å². The second-order valence-corrected chi connectivity index (χ2v) is 5.24. The maximum Gasteiger partial charge on any atom is 0.128 e. The molecule has 0 aromatic heterocycles. The van der Waals surface area contributed by atoms with Crippen LogP contribution in [0.25, 0.3) is 0 Å². The van der Waals surface area contributed by atoms with Gasteiger partial charge in [0, 0.05) is 16.6 Å². The van der Waals surface area contributed by atoms with Gasteiger partial charge < -0.3 is 10.4 Å². The number of phenols is 1. The highest BCUT2D eigenvalue weighted by Crippen LogP contribution is 2.15. The number of hydrogen-bond donors (Lipinski definition) is 2. The van der Waals surface area contributed by atoms with Gasteiger partial charge in [-0.2, -0.15) is 0 Å². The van der Waals surface area contributed by atoms with Crippen LogP contribution in [-0.2, 0) is 13.0 Å². The fourth-order valence-electron chi connectivity index (χ4n) is 1.78. The van der Waals surface area contributed by atoms with Crippen molar-refractivity contribution in [1.82, 2.24) is 5.32 Å². The summed E-state index contributed by atoms with van der Waals surface area (Å²) in [4.78, 5) is 0. The van der Waals surface area contributed by atoms with Gasteiger partial charge in [-0.3, -0.25) is 0 Å². The van der Waals surface area contributed by atoms with Crippen LogP contribution in [0.1, 0.15) is 11.1 Å². The number of rotatable bonds is 5. The van der Waals surface area contributed by atoms with E-state index < -0.39 is 0 Å². The van der Waals surface area contributed by atoms with E-state index in [2.05, 4.69) is 21.2 Å². The Kier molecular flexibility index (Phi) is 4.93. The summed E-state index contributed by atoms with van der Waals surface area (Å²) in [6, 6.07) is 12.2. The summed E-state index contributed by atoms with van der Waals surface area (Å²) in [5.41, 5.74) is 1.80. The third-order valence-corrected chi connectivity index (χ3v) is 3.35. The average Bonchev–Trinajstić information content (AvgIpc) is 2.39. The van der Waals surface area contributed by atoms with Gasteiger partial charge in [-0.05, 0) is 42.8 Å². The molecule has 100 valence electrons. The van der Waals surface area contributed by atoms with Crippen molar-refractivity contribution in [2.45, 2.75) is 13.0 Å². The molecule has 2 aromatic carbocycles.